The van der Waals surface area contributed by atoms with Crippen molar-refractivity contribution in [3.8, 4) is 44.5 Å². The van der Waals surface area contributed by atoms with Crippen LogP contribution in [-0.4, -0.2) is 0 Å². The van der Waals surface area contributed by atoms with E-state index in [1.165, 1.54) is 0 Å². The van der Waals surface area contributed by atoms with Crippen molar-refractivity contribution in [2.45, 2.75) is 0 Å². The quantitative estimate of drug-likeness (QED) is 0.188. The molecule has 0 radical (unpaired) electrons. The van der Waals surface area contributed by atoms with E-state index in [-0.39, 0.29) is 44.7 Å². The number of hydrogen-bond acceptors (Lipinski definition) is 1. The fourth-order valence-electron chi connectivity index (χ4n) is 6.39. The lowest BCUT2D eigenvalue weighted by molar-refractivity contribution is 0.670. The van der Waals surface area contributed by atoms with Crippen molar-refractivity contribution in [3.63, 3.8) is 0 Å². The Labute approximate surface area is 277 Å². The zero-order chi connectivity index (χ0) is 39.3. The van der Waals surface area contributed by atoms with Crippen molar-refractivity contribution < 1.29 is 19.5 Å². The third-order valence-corrected chi connectivity index (χ3v) is 8.34. The molecule has 1 nitrogen and oxygen atoms in total. The second-order valence-corrected chi connectivity index (χ2v) is 10.8. The Morgan fingerprint density at radius 2 is 0.933 bits per heavy atom. The molecule has 0 bridgehead atoms. The maximum Gasteiger partial charge on any atom is 0.143 e. The maximum atomic E-state index is 9.39. The summed E-state index contributed by atoms with van der Waals surface area (Å²) in [6.45, 7) is 0. The number of rotatable bonds is 4. The van der Waals surface area contributed by atoms with Crippen LogP contribution in [0.1, 0.15) is 15.1 Å². The summed E-state index contributed by atoms with van der Waals surface area (Å²) in [7, 11) is 0. The lowest BCUT2D eigenvalue weighted by atomic mass is 9.85. The Morgan fingerprint density at radius 1 is 0.378 bits per heavy atom. The van der Waals surface area contributed by atoms with Crippen LogP contribution in [0.25, 0.3) is 88.0 Å². The second kappa shape index (κ2) is 10.4. The Hall–Kier alpha value is -5.92. The molecule has 1 heteroatoms. The van der Waals surface area contributed by atoms with Crippen LogP contribution >= 0.6 is 0 Å². The third kappa shape index (κ3) is 4.09. The first-order valence-electron chi connectivity index (χ1n) is 20.0. The predicted molar refractivity (Wildman–Crippen MR) is 190 cm³/mol. The van der Waals surface area contributed by atoms with Gasteiger partial charge in [-0.05, 0) is 61.0 Å². The molecule has 0 amide bonds. The minimum Gasteiger partial charge on any atom is -0.455 e. The third-order valence-electron chi connectivity index (χ3n) is 8.34. The van der Waals surface area contributed by atoms with Gasteiger partial charge in [0.25, 0.3) is 0 Å². The second-order valence-electron chi connectivity index (χ2n) is 10.8. The van der Waals surface area contributed by atoms with E-state index in [0.29, 0.717) is 5.56 Å². The lowest BCUT2D eigenvalue weighted by Gasteiger charge is -2.18. The summed E-state index contributed by atoms with van der Waals surface area (Å²) in [6, 6.07) is 27.6. The van der Waals surface area contributed by atoms with E-state index < -0.39 is 60.4 Å². The van der Waals surface area contributed by atoms with Crippen LogP contribution in [0.2, 0.25) is 0 Å². The van der Waals surface area contributed by atoms with Gasteiger partial charge in [-0.15, -0.1) is 0 Å². The monoisotopic (exact) mass is 583 g/mol. The largest absolute Gasteiger partial charge is 0.455 e. The minimum absolute atomic E-state index is 0.0478. The molecule has 0 spiro atoms. The first-order valence-corrected chi connectivity index (χ1v) is 14.5. The molecule has 0 aliphatic carbocycles. The van der Waals surface area contributed by atoms with E-state index >= 15 is 0 Å². The summed E-state index contributed by atoms with van der Waals surface area (Å²) < 4.78 is 103. The molecule has 0 N–H and O–H groups in total. The van der Waals surface area contributed by atoms with Crippen molar-refractivity contribution in [1.82, 2.24) is 0 Å². The molecule has 0 saturated carbocycles. The van der Waals surface area contributed by atoms with Crippen molar-refractivity contribution >= 4 is 43.5 Å². The van der Waals surface area contributed by atoms with Crippen molar-refractivity contribution in [1.29, 1.82) is 0 Å². The molecular formula is C44H28O. The van der Waals surface area contributed by atoms with Crippen LogP contribution in [0, 0.1) is 0 Å². The molecule has 0 unspecified atom stereocenters. The molecule has 45 heavy (non-hydrogen) atoms. The van der Waals surface area contributed by atoms with E-state index in [2.05, 4.69) is 36.4 Å². The predicted octanol–water partition coefficient (Wildman–Crippen LogP) is 12.6. The molecule has 0 fully saturated rings. The Balaban J connectivity index is 1.43. The lowest BCUT2D eigenvalue weighted by Crippen LogP contribution is -1.91. The summed E-state index contributed by atoms with van der Waals surface area (Å²) in [4.78, 5) is 0. The summed E-state index contributed by atoms with van der Waals surface area (Å²) in [5.74, 6) is 0. The first-order chi connectivity index (χ1) is 26.9. The Bertz CT molecular complexity index is 3050. The summed E-state index contributed by atoms with van der Waals surface area (Å²) in [5, 5.41) is 2.98. The van der Waals surface area contributed by atoms with Gasteiger partial charge in [-0.1, -0.05) is 164 Å². The van der Waals surface area contributed by atoms with Gasteiger partial charge in [-0.3, -0.25) is 0 Å². The van der Waals surface area contributed by atoms with Gasteiger partial charge >= 0.3 is 0 Å². The van der Waals surface area contributed by atoms with Gasteiger partial charge in [0.1, 0.15) is 11.2 Å². The molecule has 1 heterocycles. The first kappa shape index (κ1) is 16.8. The van der Waals surface area contributed by atoms with Crippen LogP contribution in [-0.2, 0) is 0 Å². The van der Waals surface area contributed by atoms with Crippen LogP contribution in [0.4, 0.5) is 0 Å². The number of fused-ring (bicyclic) bond motifs is 5. The van der Waals surface area contributed by atoms with Gasteiger partial charge in [0.2, 0.25) is 0 Å². The van der Waals surface area contributed by atoms with Crippen LogP contribution in [0.5, 0.6) is 0 Å². The highest BCUT2D eigenvalue weighted by Crippen LogP contribution is 2.47. The van der Waals surface area contributed by atoms with Gasteiger partial charge in [0, 0.05) is 21.9 Å². The normalized spacial score (nSPS) is 15.0. The minimum atomic E-state index is -0.656. The van der Waals surface area contributed by atoms with Crippen LogP contribution < -0.4 is 0 Å². The topological polar surface area (TPSA) is 13.1 Å². The van der Waals surface area contributed by atoms with Gasteiger partial charge in [0.05, 0.1) is 15.1 Å². The molecule has 8 aromatic carbocycles. The van der Waals surface area contributed by atoms with Gasteiger partial charge < -0.3 is 4.42 Å². The molecule has 0 saturated heterocycles. The zero-order valence-electron chi connectivity index (χ0n) is 34.7. The number of furan rings is 1. The van der Waals surface area contributed by atoms with Gasteiger partial charge in [-0.2, -0.15) is 0 Å². The van der Waals surface area contributed by atoms with E-state index in [0.717, 1.165) is 43.8 Å². The van der Waals surface area contributed by atoms with Gasteiger partial charge in [0.15, 0.2) is 0 Å². The highest BCUT2D eigenvalue weighted by molar-refractivity contribution is 6.25. The molecule has 0 aliphatic heterocycles. The molecule has 0 atom stereocenters. The van der Waals surface area contributed by atoms with Gasteiger partial charge in [-0.25, -0.2) is 0 Å². The van der Waals surface area contributed by atoms with E-state index in [1.807, 2.05) is 66.7 Å². The molecule has 0 aliphatic rings. The summed E-state index contributed by atoms with van der Waals surface area (Å²) in [5.41, 5.74) is 3.78. The van der Waals surface area contributed by atoms with Crippen molar-refractivity contribution in [2.24, 2.45) is 0 Å². The Morgan fingerprint density at radius 3 is 1.62 bits per heavy atom. The average molecular weight is 584 g/mol. The zero-order valence-corrected chi connectivity index (χ0v) is 23.7. The van der Waals surface area contributed by atoms with E-state index in [1.54, 1.807) is 0 Å². The molecular weight excluding hydrogens is 544 g/mol. The maximum absolute atomic E-state index is 9.39. The summed E-state index contributed by atoms with van der Waals surface area (Å²) in [6.07, 6.45) is 0. The Kier molecular flexibility index (Phi) is 3.87. The number of benzene rings is 8. The molecule has 9 aromatic rings. The smallest absolute Gasteiger partial charge is 0.143 e. The fraction of sp³-hybridized carbons (Fsp3) is 0. The highest BCUT2D eigenvalue weighted by Gasteiger charge is 2.21. The molecule has 1 aromatic heterocycles. The highest BCUT2D eigenvalue weighted by atomic mass is 16.3. The van der Waals surface area contributed by atoms with E-state index in [9.17, 15) is 2.74 Å². The molecule has 9 rings (SSSR count). The SMILES string of the molecule is [2H]c1c([2H])c([2H])c(-c2c([2H])c([2H])c([2H])c3oc4c(-c5c6ccccc6c(-c6ccc(-c7ccccc7)cc6)c6ccccc56)c([2H])c([2H])c([2H])c4c23)c([2H])c1[2H]. The standard InChI is InChI=1S/C44H28O/c1-3-13-29(14-4-1)30-25-27-32(28-26-30)41-34-17-7-9-19-36(34)42(37-20-10-8-18-35(37)41)38-22-11-23-39-43-33(31-15-5-2-6-16-31)21-12-24-40(43)45-44(38)39/h1-28H/i2D,5D,6D,11D,12D,15D,16D,21D,22D,23D,24D. The van der Waals surface area contributed by atoms with Crippen molar-refractivity contribution in [2.75, 3.05) is 0 Å². The van der Waals surface area contributed by atoms with Crippen molar-refractivity contribution in [3.05, 3.63) is 170 Å². The van der Waals surface area contributed by atoms with E-state index in [4.69, 9.17) is 16.8 Å². The number of hydrogen-bond donors (Lipinski definition) is 0. The number of para-hydroxylation sites is 1. The fourth-order valence-corrected chi connectivity index (χ4v) is 6.39. The molecule has 210 valence electrons. The average Bonchev–Trinajstić information content (AvgIpc) is 3.62. The summed E-state index contributed by atoms with van der Waals surface area (Å²) >= 11 is 0. The van der Waals surface area contributed by atoms with Crippen LogP contribution in [0.15, 0.2) is 174 Å². The van der Waals surface area contributed by atoms with Crippen LogP contribution in [0.3, 0.4) is 0 Å².